The maximum Gasteiger partial charge on any atom is 0.272 e. The zero-order valence-corrected chi connectivity index (χ0v) is 19.9. The van der Waals surface area contributed by atoms with E-state index in [1.165, 1.54) is 25.9 Å². The fourth-order valence-electron chi connectivity index (χ4n) is 4.52. The summed E-state index contributed by atoms with van der Waals surface area (Å²) in [5, 5.41) is 0.991. The fraction of sp³-hybridized carbons (Fsp3) is 0.565. The minimum absolute atomic E-state index is 0.0682. The van der Waals surface area contributed by atoms with Gasteiger partial charge in [-0.3, -0.25) is 4.79 Å². The number of benzene rings is 1. The summed E-state index contributed by atoms with van der Waals surface area (Å²) in [6.45, 7) is 9.95. The van der Waals surface area contributed by atoms with E-state index in [0.29, 0.717) is 21.8 Å². The van der Waals surface area contributed by atoms with Gasteiger partial charge in [-0.05, 0) is 63.9 Å². The molecule has 0 radical (unpaired) electrons. The molecular formula is C23H32Cl2N4O. The van der Waals surface area contributed by atoms with E-state index in [-0.39, 0.29) is 5.91 Å². The van der Waals surface area contributed by atoms with Crippen molar-refractivity contribution in [3.8, 4) is 11.4 Å². The zero-order chi connectivity index (χ0) is 21.8. The van der Waals surface area contributed by atoms with Crippen LogP contribution in [0.1, 0.15) is 55.7 Å². The Kier molecular flexibility index (Phi) is 7.83. The minimum Gasteiger partial charge on any atom is -0.337 e. The molecule has 1 aromatic heterocycles. The predicted octanol–water partition coefficient (Wildman–Crippen LogP) is 5.43. The number of hydrogen-bond donors (Lipinski definition) is 0. The molecule has 2 saturated heterocycles. The Morgan fingerprint density at radius 3 is 2.27 bits per heavy atom. The molecule has 5 nitrogen and oxygen atoms in total. The SMILES string of the molecule is CC.Cc1nc(-c2ccc(Cl)c(Cl)c2)n(C)c1C(=O)N1CCC(N2CCCC2)CC1. The van der Waals surface area contributed by atoms with Crippen LogP contribution in [0.15, 0.2) is 18.2 Å². The Balaban J connectivity index is 0.00000124. The number of nitrogens with zero attached hydrogens (tertiary/aromatic N) is 4. The molecule has 2 aliphatic heterocycles. The van der Waals surface area contributed by atoms with Crippen LogP contribution >= 0.6 is 23.2 Å². The minimum atomic E-state index is 0.0682. The molecule has 164 valence electrons. The summed E-state index contributed by atoms with van der Waals surface area (Å²) in [5.41, 5.74) is 2.25. The zero-order valence-electron chi connectivity index (χ0n) is 18.4. The molecule has 0 bridgehead atoms. The molecule has 0 N–H and O–H groups in total. The smallest absolute Gasteiger partial charge is 0.272 e. The van der Waals surface area contributed by atoms with E-state index in [9.17, 15) is 4.79 Å². The number of likely N-dealkylation sites (tertiary alicyclic amines) is 2. The molecular weight excluding hydrogens is 419 g/mol. The Bertz CT molecular complexity index is 882. The van der Waals surface area contributed by atoms with Gasteiger partial charge in [-0.25, -0.2) is 4.98 Å². The lowest BCUT2D eigenvalue weighted by Crippen LogP contribution is -2.46. The highest BCUT2D eigenvalue weighted by Crippen LogP contribution is 2.30. The molecule has 2 aliphatic rings. The number of carbonyl (C=O) groups excluding carboxylic acids is 1. The van der Waals surface area contributed by atoms with E-state index in [2.05, 4.69) is 9.88 Å². The monoisotopic (exact) mass is 450 g/mol. The largest absolute Gasteiger partial charge is 0.337 e. The summed E-state index contributed by atoms with van der Waals surface area (Å²) >= 11 is 12.2. The molecule has 0 spiro atoms. The molecule has 0 aliphatic carbocycles. The first-order valence-electron chi connectivity index (χ1n) is 11.0. The van der Waals surface area contributed by atoms with Crippen molar-refractivity contribution in [2.45, 2.75) is 52.5 Å². The molecule has 7 heteroatoms. The molecule has 30 heavy (non-hydrogen) atoms. The third kappa shape index (κ3) is 4.68. The number of amides is 1. The van der Waals surface area contributed by atoms with Gasteiger partial charge in [-0.15, -0.1) is 0 Å². The van der Waals surface area contributed by atoms with Crippen molar-refractivity contribution >= 4 is 29.1 Å². The van der Waals surface area contributed by atoms with E-state index in [1.807, 2.05) is 43.4 Å². The Labute approximate surface area is 190 Å². The number of hydrogen-bond acceptors (Lipinski definition) is 3. The van der Waals surface area contributed by atoms with Gasteiger partial charge in [-0.1, -0.05) is 37.0 Å². The van der Waals surface area contributed by atoms with Gasteiger partial charge in [0.05, 0.1) is 15.7 Å². The highest BCUT2D eigenvalue weighted by atomic mass is 35.5. The lowest BCUT2D eigenvalue weighted by molar-refractivity contribution is 0.0634. The van der Waals surface area contributed by atoms with Crippen molar-refractivity contribution in [3.63, 3.8) is 0 Å². The number of carbonyl (C=O) groups is 1. The lowest BCUT2D eigenvalue weighted by atomic mass is 10.0. The molecule has 1 aromatic carbocycles. The summed E-state index contributed by atoms with van der Waals surface area (Å²) in [6.07, 6.45) is 4.74. The molecule has 4 rings (SSSR count). The predicted molar refractivity (Wildman–Crippen MR) is 124 cm³/mol. The fourth-order valence-corrected chi connectivity index (χ4v) is 4.82. The Hall–Kier alpha value is -1.56. The van der Waals surface area contributed by atoms with E-state index in [1.54, 1.807) is 12.1 Å². The third-order valence-electron chi connectivity index (χ3n) is 6.06. The number of piperidine rings is 1. The molecule has 0 saturated carbocycles. The van der Waals surface area contributed by atoms with Crippen molar-refractivity contribution in [3.05, 3.63) is 39.6 Å². The summed E-state index contributed by atoms with van der Waals surface area (Å²) in [5.74, 6) is 0.796. The second-order valence-corrected chi connectivity index (χ2v) is 8.64. The molecule has 3 heterocycles. The second-order valence-electron chi connectivity index (χ2n) is 7.82. The average molecular weight is 451 g/mol. The lowest BCUT2D eigenvalue weighted by Gasteiger charge is -2.36. The van der Waals surface area contributed by atoms with E-state index >= 15 is 0 Å². The highest BCUT2D eigenvalue weighted by molar-refractivity contribution is 6.42. The van der Waals surface area contributed by atoms with Gasteiger partial charge in [0.25, 0.3) is 5.91 Å². The first-order chi connectivity index (χ1) is 14.5. The molecule has 2 aromatic rings. The summed E-state index contributed by atoms with van der Waals surface area (Å²) in [4.78, 5) is 22.5. The van der Waals surface area contributed by atoms with Crippen LogP contribution in [0, 0.1) is 6.92 Å². The van der Waals surface area contributed by atoms with Crippen LogP contribution in [0.3, 0.4) is 0 Å². The van der Waals surface area contributed by atoms with Crippen molar-refractivity contribution in [2.75, 3.05) is 26.2 Å². The van der Waals surface area contributed by atoms with Crippen molar-refractivity contribution in [1.29, 1.82) is 0 Å². The van der Waals surface area contributed by atoms with E-state index in [0.717, 1.165) is 43.0 Å². The first kappa shape index (κ1) is 23.1. The van der Waals surface area contributed by atoms with E-state index < -0.39 is 0 Å². The van der Waals surface area contributed by atoms with Crippen LogP contribution in [0.25, 0.3) is 11.4 Å². The van der Waals surface area contributed by atoms with Gasteiger partial charge < -0.3 is 14.4 Å². The highest BCUT2D eigenvalue weighted by Gasteiger charge is 2.31. The normalized spacial score (nSPS) is 17.7. The van der Waals surface area contributed by atoms with Crippen LogP contribution < -0.4 is 0 Å². The van der Waals surface area contributed by atoms with Gasteiger partial charge in [0, 0.05) is 31.7 Å². The van der Waals surface area contributed by atoms with Gasteiger partial charge in [0.15, 0.2) is 0 Å². The maximum atomic E-state index is 13.2. The second kappa shape index (κ2) is 10.2. The standard InChI is InChI=1S/C21H26Cl2N4O.C2H6/c1-14-19(25(2)20(24-14)15-5-6-17(22)18(23)13-15)21(28)27-11-7-16(8-12-27)26-9-3-4-10-26;1-2/h5-6,13,16H,3-4,7-12H2,1-2H3;1-2H3. The van der Waals surface area contributed by atoms with Crippen LogP contribution in [-0.2, 0) is 7.05 Å². The van der Waals surface area contributed by atoms with Crippen molar-refractivity contribution in [2.24, 2.45) is 7.05 Å². The van der Waals surface area contributed by atoms with Gasteiger partial charge in [0.1, 0.15) is 11.5 Å². The summed E-state index contributed by atoms with van der Waals surface area (Å²) in [7, 11) is 1.89. The average Bonchev–Trinajstić information content (AvgIpc) is 3.40. The van der Waals surface area contributed by atoms with Crippen LogP contribution in [-0.4, -0.2) is 57.5 Å². The van der Waals surface area contributed by atoms with Gasteiger partial charge in [0.2, 0.25) is 0 Å². The number of halogens is 2. The Morgan fingerprint density at radius 2 is 1.67 bits per heavy atom. The molecule has 0 atom stereocenters. The summed E-state index contributed by atoms with van der Waals surface area (Å²) < 4.78 is 1.88. The van der Waals surface area contributed by atoms with Crippen LogP contribution in [0.2, 0.25) is 10.0 Å². The first-order valence-corrected chi connectivity index (χ1v) is 11.7. The van der Waals surface area contributed by atoms with Crippen LogP contribution in [0.5, 0.6) is 0 Å². The topological polar surface area (TPSA) is 41.4 Å². The van der Waals surface area contributed by atoms with Crippen LogP contribution in [0.4, 0.5) is 0 Å². The summed E-state index contributed by atoms with van der Waals surface area (Å²) in [6, 6.07) is 6.06. The quantitative estimate of drug-likeness (QED) is 0.625. The maximum absolute atomic E-state index is 13.2. The number of rotatable bonds is 3. The van der Waals surface area contributed by atoms with Gasteiger partial charge >= 0.3 is 0 Å². The molecule has 0 unspecified atom stereocenters. The molecule has 1 amide bonds. The third-order valence-corrected chi connectivity index (χ3v) is 6.80. The van der Waals surface area contributed by atoms with Gasteiger partial charge in [-0.2, -0.15) is 0 Å². The van der Waals surface area contributed by atoms with Crippen molar-refractivity contribution < 1.29 is 4.79 Å². The van der Waals surface area contributed by atoms with E-state index in [4.69, 9.17) is 23.2 Å². The number of imidazole rings is 1. The van der Waals surface area contributed by atoms with Crippen molar-refractivity contribution in [1.82, 2.24) is 19.4 Å². The Morgan fingerprint density at radius 1 is 1.03 bits per heavy atom. The number of aromatic nitrogens is 2. The molecule has 2 fully saturated rings. The number of aryl methyl sites for hydroxylation is 1.